The average Bonchev–Trinajstić information content (AvgIpc) is 3.17. The van der Waals surface area contributed by atoms with E-state index in [1.165, 1.54) is 18.9 Å². The molecule has 0 unspecified atom stereocenters. The van der Waals surface area contributed by atoms with Gasteiger partial charge in [0.2, 0.25) is 5.91 Å². The molecule has 3 rings (SSSR count). The summed E-state index contributed by atoms with van der Waals surface area (Å²) in [5.41, 5.74) is 1.32. The number of ether oxygens (including phenoxy) is 2. The third kappa shape index (κ3) is 5.52. The van der Waals surface area contributed by atoms with Gasteiger partial charge < -0.3 is 14.8 Å². The molecule has 0 aliphatic rings. The second-order valence-electron chi connectivity index (χ2n) is 6.24. The Bertz CT molecular complexity index is 1100. The fourth-order valence-corrected chi connectivity index (χ4v) is 3.80. The molecular weight excluding hydrogens is 459 g/mol. The zero-order valence-electron chi connectivity index (χ0n) is 16.9. The van der Waals surface area contributed by atoms with Gasteiger partial charge in [0, 0.05) is 18.2 Å². The largest absolute Gasteiger partial charge is 0.497 e. The molecule has 1 amide bonds. The molecule has 3 aromatic rings. The van der Waals surface area contributed by atoms with E-state index in [1.807, 2.05) is 10.6 Å². The van der Waals surface area contributed by atoms with Gasteiger partial charge in [-0.3, -0.25) is 9.36 Å². The second kappa shape index (κ2) is 10.6. The average molecular weight is 479 g/mol. The van der Waals surface area contributed by atoms with Gasteiger partial charge in [-0.15, -0.1) is 16.8 Å². The van der Waals surface area contributed by atoms with Crippen LogP contribution in [-0.2, 0) is 11.3 Å². The van der Waals surface area contributed by atoms with Crippen molar-refractivity contribution in [2.24, 2.45) is 0 Å². The van der Waals surface area contributed by atoms with Crippen molar-refractivity contribution in [2.75, 3.05) is 25.3 Å². The van der Waals surface area contributed by atoms with Crippen molar-refractivity contribution in [1.29, 1.82) is 0 Å². The molecule has 31 heavy (non-hydrogen) atoms. The van der Waals surface area contributed by atoms with Crippen LogP contribution in [0.25, 0.3) is 11.4 Å². The second-order valence-corrected chi connectivity index (χ2v) is 7.99. The lowest BCUT2D eigenvalue weighted by Gasteiger charge is -2.12. The lowest BCUT2D eigenvalue weighted by molar-refractivity contribution is -0.113. The maximum absolute atomic E-state index is 12.5. The highest BCUT2D eigenvalue weighted by Gasteiger charge is 2.16. The number of anilines is 1. The van der Waals surface area contributed by atoms with Crippen LogP contribution >= 0.6 is 35.0 Å². The van der Waals surface area contributed by atoms with Crippen LogP contribution in [0.3, 0.4) is 0 Å². The van der Waals surface area contributed by atoms with Gasteiger partial charge in [-0.25, -0.2) is 0 Å². The number of hydrogen-bond acceptors (Lipinski definition) is 6. The van der Waals surface area contributed by atoms with Crippen molar-refractivity contribution < 1.29 is 14.3 Å². The molecule has 0 saturated heterocycles. The highest BCUT2D eigenvalue weighted by molar-refractivity contribution is 7.99. The number of carbonyl (C=O) groups is 1. The molecule has 0 aliphatic heterocycles. The number of amides is 1. The van der Waals surface area contributed by atoms with Gasteiger partial charge in [-0.2, -0.15) is 0 Å². The van der Waals surface area contributed by atoms with Crippen LogP contribution < -0.4 is 14.8 Å². The number of benzene rings is 2. The lowest BCUT2D eigenvalue weighted by Crippen LogP contribution is -2.15. The van der Waals surface area contributed by atoms with Crippen molar-refractivity contribution >= 4 is 46.6 Å². The van der Waals surface area contributed by atoms with Crippen LogP contribution in [0, 0.1) is 0 Å². The third-order valence-corrected chi connectivity index (χ3v) is 5.93. The Hall–Kier alpha value is -2.68. The smallest absolute Gasteiger partial charge is 0.234 e. The first-order chi connectivity index (χ1) is 15.0. The zero-order valence-corrected chi connectivity index (χ0v) is 19.2. The van der Waals surface area contributed by atoms with E-state index < -0.39 is 0 Å². The number of rotatable bonds is 9. The van der Waals surface area contributed by atoms with Crippen LogP contribution in [0.5, 0.6) is 11.5 Å². The zero-order chi connectivity index (χ0) is 22.4. The molecule has 0 saturated carbocycles. The number of nitrogens with one attached hydrogen (secondary N) is 1. The number of nitrogens with zero attached hydrogens (tertiary/aromatic N) is 3. The molecular formula is C21H20Cl2N4O3S. The summed E-state index contributed by atoms with van der Waals surface area (Å²) in [6.07, 6.45) is 1.73. The Morgan fingerprint density at radius 2 is 1.97 bits per heavy atom. The predicted molar refractivity (Wildman–Crippen MR) is 125 cm³/mol. The number of hydrogen-bond donors (Lipinski definition) is 1. The lowest BCUT2D eigenvalue weighted by atomic mass is 10.2. The molecule has 2 aromatic carbocycles. The fourth-order valence-electron chi connectivity index (χ4n) is 2.76. The van der Waals surface area contributed by atoms with Gasteiger partial charge in [-0.05, 0) is 30.3 Å². The normalized spacial score (nSPS) is 10.6. The minimum absolute atomic E-state index is 0.131. The Morgan fingerprint density at radius 1 is 1.16 bits per heavy atom. The highest BCUT2D eigenvalue weighted by Crippen LogP contribution is 2.31. The van der Waals surface area contributed by atoms with Crippen molar-refractivity contribution in [3.63, 3.8) is 0 Å². The molecule has 0 atom stereocenters. The van der Waals surface area contributed by atoms with E-state index in [1.54, 1.807) is 43.5 Å². The quantitative estimate of drug-likeness (QED) is 0.336. The Balaban J connectivity index is 1.74. The first kappa shape index (κ1) is 23.0. The summed E-state index contributed by atoms with van der Waals surface area (Å²) in [5.74, 6) is 1.67. The number of thioether (sulfide) groups is 1. The van der Waals surface area contributed by atoms with Crippen molar-refractivity contribution in [3.8, 4) is 22.9 Å². The van der Waals surface area contributed by atoms with E-state index >= 15 is 0 Å². The van der Waals surface area contributed by atoms with Crippen LogP contribution in [-0.4, -0.2) is 40.6 Å². The number of aromatic nitrogens is 3. The first-order valence-electron chi connectivity index (χ1n) is 9.11. The molecule has 7 nitrogen and oxygen atoms in total. The molecule has 0 aliphatic carbocycles. The van der Waals surface area contributed by atoms with E-state index in [2.05, 4.69) is 22.1 Å². The summed E-state index contributed by atoms with van der Waals surface area (Å²) in [6, 6.07) is 10.4. The van der Waals surface area contributed by atoms with Crippen molar-refractivity contribution in [3.05, 3.63) is 59.1 Å². The summed E-state index contributed by atoms with van der Waals surface area (Å²) in [4.78, 5) is 12.5. The van der Waals surface area contributed by atoms with E-state index in [-0.39, 0.29) is 11.7 Å². The molecule has 0 radical (unpaired) electrons. The van der Waals surface area contributed by atoms with Gasteiger partial charge in [0.15, 0.2) is 11.0 Å². The third-order valence-electron chi connectivity index (χ3n) is 4.22. The molecule has 0 spiro atoms. The summed E-state index contributed by atoms with van der Waals surface area (Å²) >= 11 is 13.4. The molecule has 1 heterocycles. The van der Waals surface area contributed by atoms with Gasteiger partial charge >= 0.3 is 0 Å². The Morgan fingerprint density at radius 3 is 2.65 bits per heavy atom. The van der Waals surface area contributed by atoms with Gasteiger partial charge in [0.1, 0.15) is 11.5 Å². The summed E-state index contributed by atoms with van der Waals surface area (Å²) < 4.78 is 12.3. The Kier molecular flexibility index (Phi) is 7.84. The van der Waals surface area contributed by atoms with Gasteiger partial charge in [-0.1, -0.05) is 41.0 Å². The molecule has 0 bridgehead atoms. The summed E-state index contributed by atoms with van der Waals surface area (Å²) in [5, 5.41) is 12.8. The first-order valence-corrected chi connectivity index (χ1v) is 10.8. The fraction of sp³-hybridized carbons (Fsp3) is 0.190. The van der Waals surface area contributed by atoms with Crippen molar-refractivity contribution in [2.45, 2.75) is 11.7 Å². The SMILES string of the molecule is C=CCn1c(SCC(=O)Nc2ccc(OC)cc2OC)nnc1-c1ccc(Cl)c(Cl)c1. The van der Waals surface area contributed by atoms with Crippen LogP contribution in [0.4, 0.5) is 5.69 Å². The van der Waals surface area contributed by atoms with Crippen LogP contribution in [0.1, 0.15) is 0 Å². The number of allylic oxidation sites excluding steroid dienone is 1. The standard InChI is InChI=1S/C21H20Cl2N4O3S/c1-4-9-27-20(13-5-7-15(22)16(23)10-13)25-26-21(27)31-12-19(28)24-17-8-6-14(29-2)11-18(17)30-3/h4-8,10-11H,1,9,12H2,2-3H3,(H,24,28). The monoisotopic (exact) mass is 478 g/mol. The van der Waals surface area contributed by atoms with E-state index in [9.17, 15) is 4.79 Å². The van der Waals surface area contributed by atoms with Crippen molar-refractivity contribution in [1.82, 2.24) is 14.8 Å². The van der Waals surface area contributed by atoms with Gasteiger partial charge in [0.05, 0.1) is 35.7 Å². The summed E-state index contributed by atoms with van der Waals surface area (Å²) in [6.45, 7) is 4.26. The maximum Gasteiger partial charge on any atom is 0.234 e. The van der Waals surface area contributed by atoms with Crippen LogP contribution in [0.15, 0.2) is 54.2 Å². The molecule has 10 heteroatoms. The van der Waals surface area contributed by atoms with E-state index in [4.69, 9.17) is 32.7 Å². The maximum atomic E-state index is 12.5. The Labute approximate surface area is 194 Å². The topological polar surface area (TPSA) is 78.3 Å². The highest BCUT2D eigenvalue weighted by atomic mass is 35.5. The van der Waals surface area contributed by atoms with E-state index in [0.717, 1.165) is 5.56 Å². The minimum Gasteiger partial charge on any atom is -0.497 e. The predicted octanol–water partition coefficient (Wildman–Crippen LogP) is 5.19. The van der Waals surface area contributed by atoms with Gasteiger partial charge in [0.25, 0.3) is 0 Å². The minimum atomic E-state index is -0.210. The van der Waals surface area contributed by atoms with Crippen LogP contribution in [0.2, 0.25) is 10.0 Å². The number of halogens is 2. The molecule has 162 valence electrons. The molecule has 1 aromatic heterocycles. The molecule has 0 fully saturated rings. The summed E-state index contributed by atoms with van der Waals surface area (Å²) in [7, 11) is 3.09. The number of carbonyl (C=O) groups excluding carboxylic acids is 1. The van der Waals surface area contributed by atoms with E-state index in [0.29, 0.717) is 44.8 Å². The number of methoxy groups -OCH3 is 2. The molecule has 1 N–H and O–H groups in total.